The number of carboxylic acid groups (broad SMARTS) is 2. The molecule has 0 spiro atoms. The van der Waals surface area contributed by atoms with E-state index in [4.69, 9.17) is 0 Å². The molecule has 0 atom stereocenters. The number of carbonyl (C=O) groups excluding carboxylic acids is 4. The predicted molar refractivity (Wildman–Crippen MR) is 137 cm³/mol. The molecule has 2 aromatic rings. The van der Waals surface area contributed by atoms with Gasteiger partial charge in [0.05, 0.1) is 28.7 Å². The van der Waals surface area contributed by atoms with Gasteiger partial charge >= 0.3 is 11.9 Å². The second kappa shape index (κ2) is 14.4. The van der Waals surface area contributed by atoms with Gasteiger partial charge in [0, 0.05) is 20.1 Å². The molecule has 11 nitrogen and oxygen atoms in total. The smallest absolute Gasteiger partial charge is 0.336 e. The molecule has 0 saturated heterocycles. The maximum Gasteiger partial charge on any atom is 0.336 e. The van der Waals surface area contributed by atoms with E-state index < -0.39 is 41.9 Å². The largest absolute Gasteiger partial charge is 0.478 e. The highest BCUT2D eigenvalue weighted by atomic mass is 16.4. The summed E-state index contributed by atoms with van der Waals surface area (Å²) in [5.74, 6) is -4.78. The summed E-state index contributed by atoms with van der Waals surface area (Å²) in [6.45, 7) is 2.51. The quantitative estimate of drug-likeness (QED) is 0.248. The Morgan fingerprint density at radius 3 is 1.63 bits per heavy atom. The number of ketones is 1. The van der Waals surface area contributed by atoms with Crippen LogP contribution in [0.3, 0.4) is 0 Å². The van der Waals surface area contributed by atoms with Gasteiger partial charge in [-0.05, 0) is 57.1 Å². The monoisotopic (exact) mass is 525 g/mol. The van der Waals surface area contributed by atoms with Crippen molar-refractivity contribution in [3.8, 4) is 0 Å². The van der Waals surface area contributed by atoms with Crippen LogP contribution in [0, 0.1) is 0 Å². The van der Waals surface area contributed by atoms with E-state index in [2.05, 4.69) is 5.32 Å². The number of aromatic carboxylic acids is 2. The molecule has 0 bridgehead atoms. The van der Waals surface area contributed by atoms with E-state index in [0.717, 1.165) is 4.90 Å². The Morgan fingerprint density at radius 2 is 1.16 bits per heavy atom. The van der Waals surface area contributed by atoms with Gasteiger partial charge in [-0.2, -0.15) is 0 Å². The number of imide groups is 1. The van der Waals surface area contributed by atoms with Crippen molar-refractivity contribution in [2.45, 2.75) is 26.2 Å². The van der Waals surface area contributed by atoms with Crippen molar-refractivity contribution in [2.24, 2.45) is 0 Å². The van der Waals surface area contributed by atoms with Crippen molar-refractivity contribution in [3.63, 3.8) is 0 Å². The fraction of sp³-hybridized carbons (Fsp3) is 0.333. The van der Waals surface area contributed by atoms with Crippen LogP contribution in [0.15, 0.2) is 48.5 Å². The predicted octanol–water partition coefficient (Wildman–Crippen LogP) is 2.17. The van der Waals surface area contributed by atoms with E-state index in [1.807, 2.05) is 0 Å². The zero-order valence-electron chi connectivity index (χ0n) is 21.3. The van der Waals surface area contributed by atoms with E-state index in [9.17, 15) is 39.0 Å². The third-order valence-corrected chi connectivity index (χ3v) is 5.65. The second-order valence-corrected chi connectivity index (χ2v) is 8.61. The fourth-order valence-corrected chi connectivity index (χ4v) is 3.74. The van der Waals surface area contributed by atoms with Crippen LogP contribution in [0.5, 0.6) is 0 Å². The van der Waals surface area contributed by atoms with Crippen LogP contribution in [0.4, 0.5) is 0 Å². The first-order chi connectivity index (χ1) is 18.0. The Hall–Kier alpha value is -4.38. The first-order valence-electron chi connectivity index (χ1n) is 12.0. The molecule has 11 heteroatoms. The van der Waals surface area contributed by atoms with Gasteiger partial charge in [0.25, 0.3) is 11.8 Å². The van der Waals surface area contributed by atoms with E-state index in [0.29, 0.717) is 32.5 Å². The molecule has 0 unspecified atom stereocenters. The standard InChI is InChI=1S/C27H31N3O8/c1-18(31)17-23(32)30(25(34)20-10-4-6-12-22(20)27(37)38)16-8-14-28-13-7-15-29(2)24(33)19-9-3-5-11-21(19)26(35)36/h3-6,9-12,28H,7-8,13-17H2,1-2H3,(H,35,36)(H,37,38). The molecule has 2 aromatic carbocycles. The molecule has 202 valence electrons. The minimum absolute atomic E-state index is 0.0176. The summed E-state index contributed by atoms with van der Waals surface area (Å²) in [6.07, 6.45) is 0.445. The van der Waals surface area contributed by atoms with Crippen molar-refractivity contribution in [1.82, 2.24) is 15.1 Å². The van der Waals surface area contributed by atoms with Crippen LogP contribution < -0.4 is 5.32 Å². The minimum atomic E-state index is -1.30. The van der Waals surface area contributed by atoms with Gasteiger partial charge in [0.1, 0.15) is 5.78 Å². The summed E-state index contributed by atoms with van der Waals surface area (Å²) >= 11 is 0. The number of rotatable bonds is 14. The molecule has 0 heterocycles. The van der Waals surface area contributed by atoms with Gasteiger partial charge in [-0.1, -0.05) is 24.3 Å². The Balaban J connectivity index is 1.88. The summed E-state index contributed by atoms with van der Waals surface area (Å²) < 4.78 is 0. The minimum Gasteiger partial charge on any atom is -0.478 e. The fourth-order valence-electron chi connectivity index (χ4n) is 3.74. The summed E-state index contributed by atoms with van der Waals surface area (Å²) in [6, 6.07) is 11.6. The van der Waals surface area contributed by atoms with E-state index in [-0.39, 0.29) is 28.8 Å². The topological polar surface area (TPSA) is 161 Å². The van der Waals surface area contributed by atoms with Crippen LogP contribution in [0.2, 0.25) is 0 Å². The molecule has 0 aromatic heterocycles. The molecule has 0 radical (unpaired) electrons. The SMILES string of the molecule is CC(=O)CC(=O)N(CCCNCCCN(C)C(=O)c1ccccc1C(=O)O)C(=O)c1ccccc1C(=O)O. The van der Waals surface area contributed by atoms with Crippen molar-refractivity contribution in [2.75, 3.05) is 33.2 Å². The Morgan fingerprint density at radius 1 is 0.711 bits per heavy atom. The summed E-state index contributed by atoms with van der Waals surface area (Å²) in [5, 5.41) is 21.8. The lowest BCUT2D eigenvalue weighted by atomic mass is 10.1. The first-order valence-corrected chi connectivity index (χ1v) is 12.0. The number of Topliss-reactive ketones (excluding diaryl/α,β-unsaturated/α-hetero) is 1. The highest BCUT2D eigenvalue weighted by Gasteiger charge is 2.26. The average molecular weight is 526 g/mol. The van der Waals surface area contributed by atoms with Gasteiger partial charge in [-0.15, -0.1) is 0 Å². The maximum atomic E-state index is 13.0. The van der Waals surface area contributed by atoms with Crippen molar-refractivity contribution in [3.05, 3.63) is 70.8 Å². The Bertz CT molecular complexity index is 1210. The average Bonchev–Trinajstić information content (AvgIpc) is 2.88. The molecular formula is C27H31N3O8. The third-order valence-electron chi connectivity index (χ3n) is 5.65. The van der Waals surface area contributed by atoms with Crippen LogP contribution in [-0.2, 0) is 9.59 Å². The van der Waals surface area contributed by atoms with Gasteiger partial charge in [-0.25, -0.2) is 9.59 Å². The maximum absolute atomic E-state index is 13.0. The third kappa shape index (κ3) is 8.34. The molecule has 38 heavy (non-hydrogen) atoms. The molecule has 0 saturated carbocycles. The van der Waals surface area contributed by atoms with Crippen molar-refractivity contribution >= 4 is 35.4 Å². The van der Waals surface area contributed by atoms with Gasteiger partial charge in [0.15, 0.2) is 0 Å². The molecular weight excluding hydrogens is 494 g/mol. The van der Waals surface area contributed by atoms with Gasteiger partial charge in [-0.3, -0.25) is 24.1 Å². The molecule has 0 aliphatic rings. The van der Waals surface area contributed by atoms with Crippen molar-refractivity contribution in [1.29, 1.82) is 0 Å². The molecule has 3 N–H and O–H groups in total. The number of carbonyl (C=O) groups is 6. The summed E-state index contributed by atoms with van der Waals surface area (Å²) in [5.41, 5.74) is -0.324. The number of benzene rings is 2. The zero-order valence-corrected chi connectivity index (χ0v) is 21.3. The van der Waals surface area contributed by atoms with Crippen LogP contribution in [-0.4, -0.2) is 88.7 Å². The molecule has 0 aliphatic carbocycles. The normalized spacial score (nSPS) is 10.5. The number of nitrogens with zero attached hydrogens (tertiary/aromatic N) is 2. The lowest BCUT2D eigenvalue weighted by Crippen LogP contribution is -2.40. The zero-order chi connectivity index (χ0) is 28.2. The van der Waals surface area contributed by atoms with Crippen molar-refractivity contribution < 1.29 is 39.0 Å². The molecule has 2 rings (SSSR count). The Labute approximate surface area is 220 Å². The van der Waals surface area contributed by atoms with Crippen LogP contribution >= 0.6 is 0 Å². The van der Waals surface area contributed by atoms with E-state index >= 15 is 0 Å². The molecule has 3 amide bonds. The first kappa shape index (κ1) is 29.8. The van der Waals surface area contributed by atoms with Crippen LogP contribution in [0.1, 0.15) is 67.6 Å². The lowest BCUT2D eigenvalue weighted by molar-refractivity contribution is -0.132. The Kier molecular flexibility index (Phi) is 11.3. The van der Waals surface area contributed by atoms with Gasteiger partial charge < -0.3 is 20.4 Å². The van der Waals surface area contributed by atoms with Gasteiger partial charge in [0.2, 0.25) is 5.91 Å². The van der Waals surface area contributed by atoms with Crippen LogP contribution in [0.25, 0.3) is 0 Å². The number of nitrogens with one attached hydrogen (secondary N) is 1. The molecule has 0 aliphatic heterocycles. The van der Waals surface area contributed by atoms with E-state index in [1.54, 1.807) is 19.2 Å². The number of hydrogen-bond acceptors (Lipinski definition) is 7. The number of amides is 3. The lowest BCUT2D eigenvalue weighted by Gasteiger charge is -2.22. The highest BCUT2D eigenvalue weighted by Crippen LogP contribution is 2.14. The highest BCUT2D eigenvalue weighted by molar-refractivity contribution is 6.12. The number of hydrogen-bond donors (Lipinski definition) is 3. The molecule has 0 fully saturated rings. The summed E-state index contributed by atoms with van der Waals surface area (Å²) in [4.78, 5) is 74.9. The van der Waals surface area contributed by atoms with E-state index in [1.165, 1.54) is 48.2 Å². The second-order valence-electron chi connectivity index (χ2n) is 8.61. The summed E-state index contributed by atoms with van der Waals surface area (Å²) in [7, 11) is 1.58. The number of carboxylic acids is 2.